The molecule has 8 nitrogen and oxygen atoms in total. The Balaban J connectivity index is 1.41. The van der Waals surface area contributed by atoms with Gasteiger partial charge in [0.25, 0.3) is 0 Å². The molecule has 8 heteroatoms. The number of carbonyl (C=O) groups is 1. The summed E-state index contributed by atoms with van der Waals surface area (Å²) in [5.41, 5.74) is 1.19. The number of anilines is 1. The molecule has 1 unspecified atom stereocenters. The van der Waals surface area contributed by atoms with E-state index in [-0.39, 0.29) is 12.0 Å². The fourth-order valence-electron chi connectivity index (χ4n) is 4.78. The maximum atomic E-state index is 11.9. The first-order chi connectivity index (χ1) is 15.3. The quantitative estimate of drug-likeness (QED) is 0.762. The topological polar surface area (TPSA) is 82.0 Å². The third-order valence-electron chi connectivity index (χ3n) is 6.44. The SMILES string of the molecule is CC(=O)N1CCCCC(O)(CN2CCN(c3ccc4ncnc(OC(C)C)c4c3)CC2)C1. The Kier molecular flexibility index (Phi) is 6.81. The third-order valence-corrected chi connectivity index (χ3v) is 6.44. The highest BCUT2D eigenvalue weighted by molar-refractivity contribution is 5.86. The molecule has 0 aliphatic carbocycles. The maximum Gasteiger partial charge on any atom is 0.224 e. The van der Waals surface area contributed by atoms with Crippen LogP contribution in [0.2, 0.25) is 0 Å². The molecule has 1 aromatic carbocycles. The number of amides is 1. The highest BCUT2D eigenvalue weighted by Gasteiger charge is 2.35. The normalized spacial score (nSPS) is 22.9. The monoisotopic (exact) mass is 441 g/mol. The molecule has 174 valence electrons. The Morgan fingerprint density at radius 2 is 1.94 bits per heavy atom. The molecule has 0 bridgehead atoms. The Bertz CT molecular complexity index is 944. The van der Waals surface area contributed by atoms with Crippen LogP contribution in [0.5, 0.6) is 5.88 Å². The fourth-order valence-corrected chi connectivity index (χ4v) is 4.78. The van der Waals surface area contributed by atoms with Gasteiger partial charge in [0, 0.05) is 51.9 Å². The summed E-state index contributed by atoms with van der Waals surface area (Å²) in [6, 6.07) is 6.25. The van der Waals surface area contributed by atoms with E-state index in [1.165, 1.54) is 0 Å². The zero-order chi connectivity index (χ0) is 22.7. The van der Waals surface area contributed by atoms with Gasteiger partial charge in [-0.2, -0.15) is 0 Å². The van der Waals surface area contributed by atoms with Crippen LogP contribution in [-0.4, -0.2) is 88.3 Å². The van der Waals surface area contributed by atoms with E-state index in [1.807, 2.05) is 19.9 Å². The summed E-state index contributed by atoms with van der Waals surface area (Å²) in [6.45, 7) is 10.9. The van der Waals surface area contributed by atoms with Crippen molar-refractivity contribution in [2.75, 3.05) is 50.7 Å². The minimum Gasteiger partial charge on any atom is -0.474 e. The van der Waals surface area contributed by atoms with E-state index in [2.05, 4.69) is 31.9 Å². The van der Waals surface area contributed by atoms with Gasteiger partial charge < -0.3 is 19.6 Å². The maximum absolute atomic E-state index is 11.9. The molecule has 1 amide bonds. The number of β-amino-alcohol motifs (C(OH)–C–C–N with tert-alkyl or cyclic N) is 1. The zero-order valence-corrected chi connectivity index (χ0v) is 19.5. The number of ether oxygens (including phenoxy) is 1. The minimum absolute atomic E-state index is 0.0500. The van der Waals surface area contributed by atoms with E-state index in [0.717, 1.165) is 68.6 Å². The number of piperazine rings is 1. The van der Waals surface area contributed by atoms with Crippen LogP contribution in [0.25, 0.3) is 10.9 Å². The first-order valence-electron chi connectivity index (χ1n) is 11.7. The second kappa shape index (κ2) is 9.58. The van der Waals surface area contributed by atoms with Gasteiger partial charge in [-0.15, -0.1) is 0 Å². The van der Waals surface area contributed by atoms with Gasteiger partial charge >= 0.3 is 0 Å². The van der Waals surface area contributed by atoms with E-state index >= 15 is 0 Å². The van der Waals surface area contributed by atoms with Crippen LogP contribution in [0.3, 0.4) is 0 Å². The van der Waals surface area contributed by atoms with Gasteiger partial charge in [0.15, 0.2) is 0 Å². The average molecular weight is 442 g/mol. The highest BCUT2D eigenvalue weighted by atomic mass is 16.5. The third kappa shape index (κ3) is 5.30. The van der Waals surface area contributed by atoms with Gasteiger partial charge in [-0.3, -0.25) is 9.69 Å². The van der Waals surface area contributed by atoms with Crippen molar-refractivity contribution in [1.82, 2.24) is 19.8 Å². The predicted molar refractivity (Wildman–Crippen MR) is 125 cm³/mol. The number of rotatable bonds is 5. The van der Waals surface area contributed by atoms with Crippen molar-refractivity contribution in [2.45, 2.75) is 51.7 Å². The number of benzene rings is 1. The van der Waals surface area contributed by atoms with Crippen molar-refractivity contribution in [3.05, 3.63) is 24.5 Å². The Hall–Kier alpha value is -2.45. The van der Waals surface area contributed by atoms with E-state index in [9.17, 15) is 9.90 Å². The van der Waals surface area contributed by atoms with Crippen LogP contribution in [0, 0.1) is 0 Å². The smallest absolute Gasteiger partial charge is 0.224 e. The summed E-state index contributed by atoms with van der Waals surface area (Å²) >= 11 is 0. The summed E-state index contributed by atoms with van der Waals surface area (Å²) in [5.74, 6) is 0.673. The first-order valence-corrected chi connectivity index (χ1v) is 11.7. The summed E-state index contributed by atoms with van der Waals surface area (Å²) in [6.07, 6.45) is 4.27. The van der Waals surface area contributed by atoms with Gasteiger partial charge in [0.05, 0.1) is 29.2 Å². The Labute approximate surface area is 190 Å². The van der Waals surface area contributed by atoms with Crippen LogP contribution in [0.1, 0.15) is 40.0 Å². The van der Waals surface area contributed by atoms with Crippen LogP contribution in [-0.2, 0) is 4.79 Å². The van der Waals surface area contributed by atoms with Gasteiger partial charge in [-0.1, -0.05) is 0 Å². The molecule has 0 saturated carbocycles. The molecule has 3 heterocycles. The van der Waals surface area contributed by atoms with E-state index < -0.39 is 5.60 Å². The number of hydrogen-bond donors (Lipinski definition) is 1. The number of nitrogens with zero attached hydrogens (tertiary/aromatic N) is 5. The number of hydrogen-bond acceptors (Lipinski definition) is 7. The van der Waals surface area contributed by atoms with Crippen molar-refractivity contribution in [2.24, 2.45) is 0 Å². The number of fused-ring (bicyclic) bond motifs is 1. The lowest BCUT2D eigenvalue weighted by molar-refractivity contribution is -0.132. The Morgan fingerprint density at radius 3 is 2.66 bits per heavy atom. The van der Waals surface area contributed by atoms with Crippen LogP contribution < -0.4 is 9.64 Å². The largest absolute Gasteiger partial charge is 0.474 e. The molecule has 2 aliphatic rings. The summed E-state index contributed by atoms with van der Waals surface area (Å²) in [4.78, 5) is 27.1. The Morgan fingerprint density at radius 1 is 1.16 bits per heavy atom. The van der Waals surface area contributed by atoms with Crippen LogP contribution >= 0.6 is 0 Å². The van der Waals surface area contributed by atoms with Gasteiger partial charge in [0.2, 0.25) is 11.8 Å². The lowest BCUT2D eigenvalue weighted by Gasteiger charge is -2.41. The van der Waals surface area contributed by atoms with Crippen LogP contribution in [0.15, 0.2) is 24.5 Å². The molecule has 1 N–H and O–H groups in total. The fraction of sp³-hybridized carbons (Fsp3) is 0.625. The van der Waals surface area contributed by atoms with Crippen molar-refractivity contribution in [3.8, 4) is 5.88 Å². The number of likely N-dealkylation sites (tertiary alicyclic amines) is 1. The standard InChI is InChI=1S/C24H35N5O3/c1-18(2)32-23-21-14-20(6-7-22(21)25-17-26-23)28-12-10-27(11-13-28)15-24(31)8-4-5-9-29(16-24)19(3)30/h6-7,14,17-18,31H,4-5,8-13,15-16H2,1-3H3. The second-order valence-corrected chi connectivity index (χ2v) is 9.43. The molecule has 4 rings (SSSR count). The van der Waals surface area contributed by atoms with Gasteiger partial charge in [-0.05, 0) is 51.3 Å². The van der Waals surface area contributed by atoms with E-state index in [0.29, 0.717) is 19.0 Å². The summed E-state index contributed by atoms with van der Waals surface area (Å²) in [7, 11) is 0. The predicted octanol–water partition coefficient (Wildman–Crippen LogP) is 2.30. The van der Waals surface area contributed by atoms with Crippen molar-refractivity contribution in [3.63, 3.8) is 0 Å². The van der Waals surface area contributed by atoms with Crippen molar-refractivity contribution in [1.29, 1.82) is 0 Å². The lowest BCUT2D eigenvalue weighted by Crippen LogP contribution is -2.55. The summed E-state index contributed by atoms with van der Waals surface area (Å²) < 4.78 is 5.88. The molecule has 0 radical (unpaired) electrons. The van der Waals surface area contributed by atoms with Crippen LogP contribution in [0.4, 0.5) is 5.69 Å². The molecule has 32 heavy (non-hydrogen) atoms. The first kappa shape index (κ1) is 22.7. The van der Waals surface area contributed by atoms with E-state index in [1.54, 1.807) is 18.2 Å². The molecule has 2 saturated heterocycles. The molecule has 2 aliphatic heterocycles. The van der Waals surface area contributed by atoms with Crippen molar-refractivity contribution >= 4 is 22.5 Å². The second-order valence-electron chi connectivity index (χ2n) is 9.43. The molecular weight excluding hydrogens is 406 g/mol. The molecule has 1 atom stereocenters. The average Bonchev–Trinajstić information content (AvgIpc) is 2.96. The minimum atomic E-state index is -0.826. The summed E-state index contributed by atoms with van der Waals surface area (Å²) in [5, 5.41) is 12.2. The number of aliphatic hydroxyl groups is 1. The zero-order valence-electron chi connectivity index (χ0n) is 19.5. The number of aromatic nitrogens is 2. The lowest BCUT2D eigenvalue weighted by atomic mass is 9.96. The number of carbonyl (C=O) groups excluding carboxylic acids is 1. The van der Waals surface area contributed by atoms with E-state index in [4.69, 9.17) is 4.74 Å². The van der Waals surface area contributed by atoms with Gasteiger partial charge in [-0.25, -0.2) is 9.97 Å². The molecule has 0 spiro atoms. The highest BCUT2D eigenvalue weighted by Crippen LogP contribution is 2.29. The molecule has 2 fully saturated rings. The van der Waals surface area contributed by atoms with Gasteiger partial charge in [0.1, 0.15) is 6.33 Å². The molecule has 2 aromatic rings. The molecular formula is C24H35N5O3. The van der Waals surface area contributed by atoms with Crippen molar-refractivity contribution < 1.29 is 14.6 Å². The molecule has 1 aromatic heterocycles.